The zero-order valence-corrected chi connectivity index (χ0v) is 13.9. The van der Waals surface area contributed by atoms with Crippen LogP contribution in [0.3, 0.4) is 0 Å². The maximum Gasteiger partial charge on any atom is 0.410 e. The average molecular weight is 300 g/mol. The number of aliphatic hydroxyl groups excluding tert-OH is 1. The summed E-state index contributed by atoms with van der Waals surface area (Å²) >= 11 is 0. The summed E-state index contributed by atoms with van der Waals surface area (Å²) in [6.45, 7) is 10.6. The molecule has 0 bridgehead atoms. The number of nitrogens with zero attached hydrogens (tertiary/aromatic N) is 2. The van der Waals surface area contributed by atoms with Crippen LogP contribution in [0.5, 0.6) is 0 Å². The maximum atomic E-state index is 12.1. The van der Waals surface area contributed by atoms with Crippen molar-refractivity contribution in [2.45, 2.75) is 58.5 Å². The van der Waals surface area contributed by atoms with Crippen molar-refractivity contribution in [1.82, 2.24) is 9.80 Å². The van der Waals surface area contributed by atoms with Gasteiger partial charge in [0.05, 0.1) is 0 Å². The summed E-state index contributed by atoms with van der Waals surface area (Å²) in [6.07, 6.45) is 5.18. The first-order chi connectivity index (χ1) is 9.92. The van der Waals surface area contributed by atoms with Crippen molar-refractivity contribution in [2.75, 3.05) is 39.3 Å². The van der Waals surface area contributed by atoms with E-state index in [0.717, 1.165) is 52.0 Å². The number of carbonyl (C=O) groups is 1. The van der Waals surface area contributed by atoms with Crippen LogP contribution >= 0.6 is 0 Å². The van der Waals surface area contributed by atoms with E-state index >= 15 is 0 Å². The number of hydrogen-bond acceptors (Lipinski definition) is 4. The average Bonchev–Trinajstić information content (AvgIpc) is 2.62. The third kappa shape index (κ3) is 8.27. The SMILES string of the molecule is CC(C)(C)OC(=O)N1CCCN(CCCCCCO)CC1. The van der Waals surface area contributed by atoms with Crippen LogP contribution in [0.15, 0.2) is 0 Å². The molecule has 1 fully saturated rings. The lowest BCUT2D eigenvalue weighted by atomic mass is 10.2. The van der Waals surface area contributed by atoms with Crippen molar-refractivity contribution < 1.29 is 14.6 Å². The predicted octanol–water partition coefficient (Wildman–Crippen LogP) is 2.48. The first-order valence-electron chi connectivity index (χ1n) is 8.23. The second kappa shape index (κ2) is 9.26. The molecule has 0 aromatic carbocycles. The molecule has 1 heterocycles. The fourth-order valence-corrected chi connectivity index (χ4v) is 2.50. The molecule has 0 spiro atoms. The van der Waals surface area contributed by atoms with Crippen molar-refractivity contribution >= 4 is 6.09 Å². The van der Waals surface area contributed by atoms with Gasteiger partial charge in [-0.1, -0.05) is 12.8 Å². The highest BCUT2D eigenvalue weighted by atomic mass is 16.6. The lowest BCUT2D eigenvalue weighted by Gasteiger charge is -2.26. The summed E-state index contributed by atoms with van der Waals surface area (Å²) in [5.41, 5.74) is -0.421. The molecule has 1 rings (SSSR count). The van der Waals surface area contributed by atoms with E-state index in [1.165, 1.54) is 12.8 Å². The van der Waals surface area contributed by atoms with Gasteiger partial charge in [0.1, 0.15) is 5.60 Å². The topological polar surface area (TPSA) is 53.0 Å². The molecule has 5 nitrogen and oxygen atoms in total. The van der Waals surface area contributed by atoms with E-state index in [1.807, 2.05) is 25.7 Å². The van der Waals surface area contributed by atoms with Gasteiger partial charge in [0.15, 0.2) is 0 Å². The monoisotopic (exact) mass is 300 g/mol. The van der Waals surface area contributed by atoms with E-state index in [1.54, 1.807) is 0 Å². The second-order valence-electron chi connectivity index (χ2n) is 6.80. The van der Waals surface area contributed by atoms with Crippen LogP contribution in [0.4, 0.5) is 4.79 Å². The molecule has 1 saturated heterocycles. The summed E-state index contributed by atoms with van der Waals surface area (Å²) in [7, 11) is 0. The maximum absolute atomic E-state index is 12.1. The lowest BCUT2D eigenvalue weighted by Crippen LogP contribution is -2.39. The summed E-state index contributed by atoms with van der Waals surface area (Å²) in [5, 5.41) is 8.75. The van der Waals surface area contributed by atoms with E-state index in [0.29, 0.717) is 6.61 Å². The Morgan fingerprint density at radius 1 is 1.05 bits per heavy atom. The molecule has 0 aromatic rings. The van der Waals surface area contributed by atoms with Crippen LogP contribution in [0.25, 0.3) is 0 Å². The van der Waals surface area contributed by atoms with Gasteiger partial charge < -0.3 is 19.6 Å². The first kappa shape index (κ1) is 18.2. The van der Waals surface area contributed by atoms with Gasteiger partial charge in [-0.05, 0) is 53.1 Å². The molecular weight excluding hydrogens is 268 g/mol. The molecule has 1 aliphatic rings. The van der Waals surface area contributed by atoms with E-state index in [9.17, 15) is 4.79 Å². The van der Waals surface area contributed by atoms with Crippen molar-refractivity contribution in [3.63, 3.8) is 0 Å². The number of aliphatic hydroxyl groups is 1. The zero-order chi connectivity index (χ0) is 15.7. The van der Waals surface area contributed by atoms with Crippen molar-refractivity contribution in [2.24, 2.45) is 0 Å². The minimum atomic E-state index is -0.421. The molecule has 0 aliphatic carbocycles. The Balaban J connectivity index is 2.25. The number of amides is 1. The quantitative estimate of drug-likeness (QED) is 0.766. The van der Waals surface area contributed by atoms with Crippen LogP contribution in [-0.2, 0) is 4.74 Å². The fourth-order valence-electron chi connectivity index (χ4n) is 2.50. The minimum absolute atomic E-state index is 0.188. The van der Waals surface area contributed by atoms with Crippen LogP contribution in [-0.4, -0.2) is 65.9 Å². The highest BCUT2D eigenvalue weighted by Crippen LogP contribution is 2.12. The van der Waals surface area contributed by atoms with Gasteiger partial charge in [0, 0.05) is 26.2 Å². The number of ether oxygens (including phenoxy) is 1. The lowest BCUT2D eigenvalue weighted by molar-refractivity contribution is 0.0257. The first-order valence-corrected chi connectivity index (χ1v) is 8.23. The zero-order valence-electron chi connectivity index (χ0n) is 13.9. The Labute approximate surface area is 129 Å². The van der Waals surface area contributed by atoms with Gasteiger partial charge in [-0.15, -0.1) is 0 Å². The van der Waals surface area contributed by atoms with Gasteiger partial charge in [-0.2, -0.15) is 0 Å². The van der Waals surface area contributed by atoms with Gasteiger partial charge in [0.2, 0.25) is 0 Å². The van der Waals surface area contributed by atoms with Gasteiger partial charge in [-0.3, -0.25) is 0 Å². The van der Waals surface area contributed by atoms with Crippen LogP contribution < -0.4 is 0 Å². The Morgan fingerprint density at radius 3 is 2.43 bits per heavy atom. The van der Waals surface area contributed by atoms with E-state index < -0.39 is 5.60 Å². The Bertz CT molecular complexity index is 302. The van der Waals surface area contributed by atoms with Crippen molar-refractivity contribution in [3.8, 4) is 0 Å². The third-order valence-electron chi connectivity index (χ3n) is 3.62. The molecule has 124 valence electrons. The molecule has 0 atom stereocenters. The molecule has 21 heavy (non-hydrogen) atoms. The molecule has 1 amide bonds. The van der Waals surface area contributed by atoms with Crippen LogP contribution in [0.1, 0.15) is 52.9 Å². The standard InChI is InChI=1S/C16H32N2O3/c1-16(2,3)21-15(20)18-11-8-10-17(12-13-18)9-6-4-5-7-14-19/h19H,4-14H2,1-3H3. The predicted molar refractivity (Wildman–Crippen MR) is 84.4 cm³/mol. The molecule has 0 unspecified atom stereocenters. The smallest absolute Gasteiger partial charge is 0.410 e. The summed E-state index contributed by atoms with van der Waals surface area (Å²) in [4.78, 5) is 16.3. The van der Waals surface area contributed by atoms with Crippen LogP contribution in [0, 0.1) is 0 Å². The summed E-state index contributed by atoms with van der Waals surface area (Å²) in [6, 6.07) is 0. The van der Waals surface area contributed by atoms with Crippen molar-refractivity contribution in [3.05, 3.63) is 0 Å². The molecule has 5 heteroatoms. The molecular formula is C16H32N2O3. The number of rotatable bonds is 6. The van der Waals surface area contributed by atoms with Gasteiger partial charge >= 0.3 is 6.09 Å². The van der Waals surface area contributed by atoms with Crippen molar-refractivity contribution in [1.29, 1.82) is 0 Å². The second-order valence-corrected chi connectivity index (χ2v) is 6.80. The highest BCUT2D eigenvalue weighted by Gasteiger charge is 2.24. The number of carbonyl (C=O) groups excluding carboxylic acids is 1. The molecule has 1 N–H and O–H groups in total. The molecule has 0 saturated carbocycles. The van der Waals surface area contributed by atoms with Crippen LogP contribution in [0.2, 0.25) is 0 Å². The minimum Gasteiger partial charge on any atom is -0.444 e. The summed E-state index contributed by atoms with van der Waals surface area (Å²) < 4.78 is 5.44. The Hall–Kier alpha value is -0.810. The van der Waals surface area contributed by atoms with E-state index in [4.69, 9.17) is 9.84 Å². The Kier molecular flexibility index (Phi) is 8.04. The van der Waals surface area contributed by atoms with E-state index in [-0.39, 0.29) is 6.09 Å². The number of unbranched alkanes of at least 4 members (excludes halogenated alkanes) is 3. The normalized spacial score (nSPS) is 17.6. The van der Waals surface area contributed by atoms with Gasteiger partial charge in [-0.25, -0.2) is 4.79 Å². The number of hydrogen-bond donors (Lipinski definition) is 1. The highest BCUT2D eigenvalue weighted by molar-refractivity contribution is 5.68. The molecule has 0 radical (unpaired) electrons. The Morgan fingerprint density at radius 2 is 1.76 bits per heavy atom. The van der Waals surface area contributed by atoms with Gasteiger partial charge in [0.25, 0.3) is 0 Å². The van der Waals surface area contributed by atoms with E-state index in [2.05, 4.69) is 4.90 Å². The largest absolute Gasteiger partial charge is 0.444 e. The third-order valence-corrected chi connectivity index (χ3v) is 3.62. The fraction of sp³-hybridized carbons (Fsp3) is 0.938. The summed E-state index contributed by atoms with van der Waals surface area (Å²) in [5.74, 6) is 0. The molecule has 0 aromatic heterocycles. The molecule has 1 aliphatic heterocycles.